The van der Waals surface area contributed by atoms with Crippen molar-refractivity contribution in [2.75, 3.05) is 33.0 Å². The van der Waals surface area contributed by atoms with Gasteiger partial charge in [0, 0.05) is 13.0 Å². The molecule has 3 N–H and O–H groups in total. The fourth-order valence-electron chi connectivity index (χ4n) is 7.27. The summed E-state index contributed by atoms with van der Waals surface area (Å²) < 4.78 is 33.5. The van der Waals surface area contributed by atoms with Crippen LogP contribution in [-0.4, -0.2) is 66.3 Å². The lowest BCUT2D eigenvalue weighted by Gasteiger charge is -2.20. The molecule has 0 aromatic rings. The molecule has 0 amide bonds. The summed E-state index contributed by atoms with van der Waals surface area (Å²) in [6.45, 7) is 3.54. The summed E-state index contributed by atoms with van der Waals surface area (Å²) in [5.74, 6) is -0.378. The number of hydrogen-bond donors (Lipinski definition) is 3. The van der Waals surface area contributed by atoms with E-state index in [0.29, 0.717) is 6.61 Å². The SMILES string of the molecule is CCCCC/C=C\C/C=C\CCCCCCCCCCCCOCC(COP(=O)(O)OCC(O)CO)OC(=O)CCCCCCCCCCCCCCCCCCCCC. The lowest BCUT2D eigenvalue weighted by atomic mass is 10.0. The molecule has 0 aromatic heterocycles. The van der Waals surface area contributed by atoms with Gasteiger partial charge in [-0.05, 0) is 44.9 Å². The molecule has 9 nitrogen and oxygen atoms in total. The second kappa shape index (κ2) is 47.4. The third-order valence-corrected chi connectivity index (χ3v) is 12.1. The third-order valence-electron chi connectivity index (χ3n) is 11.1. The molecule has 0 aliphatic carbocycles. The first-order valence-corrected chi connectivity index (χ1v) is 26.8. The van der Waals surface area contributed by atoms with Gasteiger partial charge in [-0.1, -0.05) is 218 Å². The van der Waals surface area contributed by atoms with Crippen LogP contribution in [-0.2, 0) is 27.9 Å². The number of aliphatic hydroxyl groups is 2. The van der Waals surface area contributed by atoms with Crippen LogP contribution in [0.2, 0.25) is 0 Å². The van der Waals surface area contributed by atoms with Crippen LogP contribution in [0.4, 0.5) is 0 Å². The molecular formula is C50H97O9P. The number of phosphoric acid groups is 1. The number of esters is 1. The maximum atomic E-state index is 12.7. The highest BCUT2D eigenvalue weighted by Gasteiger charge is 2.26. The molecule has 0 bridgehead atoms. The fraction of sp³-hybridized carbons (Fsp3) is 0.900. The molecule has 3 atom stereocenters. The summed E-state index contributed by atoms with van der Waals surface area (Å²) in [5.41, 5.74) is 0. The summed E-state index contributed by atoms with van der Waals surface area (Å²) in [5, 5.41) is 18.4. The molecular weight excluding hydrogens is 776 g/mol. The quantitative estimate of drug-likeness (QED) is 0.0237. The van der Waals surface area contributed by atoms with Crippen molar-refractivity contribution >= 4 is 13.8 Å². The smallest absolute Gasteiger partial charge is 0.457 e. The molecule has 0 spiro atoms. The van der Waals surface area contributed by atoms with Crippen LogP contribution in [0.5, 0.6) is 0 Å². The van der Waals surface area contributed by atoms with Gasteiger partial charge in [0.15, 0.2) is 0 Å². The number of ether oxygens (including phenoxy) is 2. The van der Waals surface area contributed by atoms with E-state index in [4.69, 9.17) is 23.6 Å². The van der Waals surface area contributed by atoms with Crippen LogP contribution in [0.15, 0.2) is 24.3 Å². The number of aliphatic hydroxyl groups excluding tert-OH is 2. The topological polar surface area (TPSA) is 132 Å². The number of hydrogen-bond acceptors (Lipinski definition) is 8. The first-order chi connectivity index (χ1) is 29.3. The van der Waals surface area contributed by atoms with Gasteiger partial charge >= 0.3 is 13.8 Å². The highest BCUT2D eigenvalue weighted by molar-refractivity contribution is 7.47. The predicted molar refractivity (Wildman–Crippen MR) is 251 cm³/mol. The van der Waals surface area contributed by atoms with E-state index in [0.717, 1.165) is 44.9 Å². The third kappa shape index (κ3) is 46.4. The molecule has 0 radical (unpaired) electrons. The summed E-state index contributed by atoms with van der Waals surface area (Å²) in [7, 11) is -4.52. The van der Waals surface area contributed by atoms with E-state index in [1.165, 1.54) is 180 Å². The normalized spacial score (nSPS) is 14.0. The van der Waals surface area contributed by atoms with Crippen molar-refractivity contribution in [3.05, 3.63) is 24.3 Å². The highest BCUT2D eigenvalue weighted by Crippen LogP contribution is 2.43. The second-order valence-electron chi connectivity index (χ2n) is 17.2. The van der Waals surface area contributed by atoms with Gasteiger partial charge in [0.25, 0.3) is 0 Å². The van der Waals surface area contributed by atoms with Crippen molar-refractivity contribution < 1.29 is 43.0 Å². The van der Waals surface area contributed by atoms with Crippen molar-refractivity contribution in [2.24, 2.45) is 0 Å². The molecule has 3 unspecified atom stereocenters. The molecule has 0 heterocycles. The van der Waals surface area contributed by atoms with Crippen molar-refractivity contribution in [1.82, 2.24) is 0 Å². The number of phosphoric ester groups is 1. The van der Waals surface area contributed by atoms with Crippen LogP contribution < -0.4 is 0 Å². The average Bonchev–Trinajstić information content (AvgIpc) is 3.24. The van der Waals surface area contributed by atoms with Crippen molar-refractivity contribution in [3.8, 4) is 0 Å². The zero-order chi connectivity index (χ0) is 43.9. The maximum Gasteiger partial charge on any atom is 0.472 e. The van der Waals surface area contributed by atoms with Crippen LogP contribution in [0.25, 0.3) is 0 Å². The highest BCUT2D eigenvalue weighted by atomic mass is 31.2. The minimum Gasteiger partial charge on any atom is -0.457 e. The van der Waals surface area contributed by atoms with Gasteiger partial charge in [-0.2, -0.15) is 0 Å². The van der Waals surface area contributed by atoms with Crippen LogP contribution in [0.1, 0.15) is 245 Å². The number of rotatable bonds is 49. The zero-order valence-electron chi connectivity index (χ0n) is 39.2. The summed E-state index contributed by atoms with van der Waals surface area (Å²) in [4.78, 5) is 22.7. The maximum absolute atomic E-state index is 12.7. The summed E-state index contributed by atoms with van der Waals surface area (Å²) >= 11 is 0. The number of allylic oxidation sites excluding steroid dienone is 4. The molecule has 356 valence electrons. The van der Waals surface area contributed by atoms with Gasteiger partial charge in [-0.3, -0.25) is 13.8 Å². The van der Waals surface area contributed by atoms with Gasteiger partial charge in [-0.25, -0.2) is 4.57 Å². The second-order valence-corrected chi connectivity index (χ2v) is 18.6. The first-order valence-electron chi connectivity index (χ1n) is 25.3. The molecule has 0 saturated heterocycles. The van der Waals surface area contributed by atoms with E-state index in [1.54, 1.807) is 0 Å². The Morgan fingerprint density at radius 2 is 0.900 bits per heavy atom. The van der Waals surface area contributed by atoms with Gasteiger partial charge in [0.05, 0.1) is 26.4 Å². The van der Waals surface area contributed by atoms with Crippen LogP contribution >= 0.6 is 7.82 Å². The van der Waals surface area contributed by atoms with E-state index < -0.39 is 33.2 Å². The monoisotopic (exact) mass is 873 g/mol. The lowest BCUT2D eigenvalue weighted by Crippen LogP contribution is -2.29. The zero-order valence-corrected chi connectivity index (χ0v) is 40.1. The number of unbranched alkanes of at least 4 members (excludes halogenated alkanes) is 31. The van der Waals surface area contributed by atoms with E-state index in [2.05, 4.69) is 38.2 Å². The summed E-state index contributed by atoms with van der Waals surface area (Å²) in [6.07, 6.45) is 51.4. The Kier molecular flexibility index (Phi) is 46.6. The Hall–Kier alpha value is -1.06. The van der Waals surface area contributed by atoms with Crippen LogP contribution in [0, 0.1) is 0 Å². The largest absolute Gasteiger partial charge is 0.472 e. The molecule has 10 heteroatoms. The Labute approximate surface area is 370 Å². The Morgan fingerprint density at radius 1 is 0.517 bits per heavy atom. The average molecular weight is 873 g/mol. The molecule has 0 aliphatic heterocycles. The van der Waals surface area contributed by atoms with E-state index in [1.807, 2.05) is 0 Å². The molecule has 0 aromatic carbocycles. The van der Waals surface area contributed by atoms with Gasteiger partial charge in [0.1, 0.15) is 12.2 Å². The minimum atomic E-state index is -4.52. The van der Waals surface area contributed by atoms with E-state index >= 15 is 0 Å². The summed E-state index contributed by atoms with van der Waals surface area (Å²) in [6, 6.07) is 0. The number of carbonyl (C=O) groups excluding carboxylic acids is 1. The molecule has 60 heavy (non-hydrogen) atoms. The van der Waals surface area contributed by atoms with Gasteiger partial charge < -0.3 is 24.6 Å². The molecule has 0 rings (SSSR count). The standard InChI is InChI=1S/C50H97O9P/c1-3-5-7-9-11-13-15-17-19-21-23-25-27-29-31-33-35-37-39-41-43-56-46-49(47-58-60(54,55)57-45-48(52)44-51)59-50(53)42-40-38-36-34-32-30-28-26-24-22-20-18-16-14-12-10-8-6-4-2/h11,13,17,19,48-49,51-52H,3-10,12,14-16,18,20-47H2,1-2H3,(H,54,55)/b13-11-,19-17-. The lowest BCUT2D eigenvalue weighted by molar-refractivity contribution is -0.154. The number of carbonyl (C=O) groups is 1. The molecule has 0 fully saturated rings. The first kappa shape index (κ1) is 58.9. The van der Waals surface area contributed by atoms with Crippen molar-refractivity contribution in [2.45, 2.75) is 257 Å². The Balaban J connectivity index is 4.06. The van der Waals surface area contributed by atoms with E-state index in [9.17, 15) is 19.4 Å². The fourth-order valence-corrected chi connectivity index (χ4v) is 8.06. The molecule has 0 aliphatic rings. The van der Waals surface area contributed by atoms with Gasteiger partial charge in [0.2, 0.25) is 0 Å². The Morgan fingerprint density at radius 3 is 1.37 bits per heavy atom. The minimum absolute atomic E-state index is 0.0517. The van der Waals surface area contributed by atoms with Crippen molar-refractivity contribution in [3.63, 3.8) is 0 Å². The van der Waals surface area contributed by atoms with Gasteiger partial charge in [-0.15, -0.1) is 0 Å². The van der Waals surface area contributed by atoms with E-state index in [-0.39, 0.29) is 25.6 Å². The Bertz CT molecular complexity index is 991. The molecule has 0 saturated carbocycles. The van der Waals surface area contributed by atoms with Crippen molar-refractivity contribution in [1.29, 1.82) is 0 Å². The van der Waals surface area contributed by atoms with Crippen LogP contribution in [0.3, 0.4) is 0 Å². The predicted octanol–water partition coefficient (Wildman–Crippen LogP) is 14.6.